The number of halogens is 3. The zero-order valence-corrected chi connectivity index (χ0v) is 10.7. The van der Waals surface area contributed by atoms with Crippen LogP contribution < -0.4 is 5.32 Å². The minimum absolute atomic E-state index is 0.0262. The lowest BCUT2D eigenvalue weighted by Gasteiger charge is -2.34. The third-order valence-electron chi connectivity index (χ3n) is 3.64. The molecule has 2 heterocycles. The molecule has 2 rings (SSSR count). The summed E-state index contributed by atoms with van der Waals surface area (Å²) in [5.74, 6) is -1.52. The van der Waals surface area contributed by atoms with Gasteiger partial charge in [0.05, 0.1) is 11.2 Å². The zero-order chi connectivity index (χ0) is 13.4. The van der Waals surface area contributed by atoms with Gasteiger partial charge >= 0.3 is 6.18 Å². The van der Waals surface area contributed by atoms with Gasteiger partial charge in [-0.15, -0.1) is 0 Å². The van der Waals surface area contributed by atoms with Gasteiger partial charge in [0.1, 0.15) is 0 Å². The first-order valence-corrected chi connectivity index (χ1v) is 7.58. The molecule has 2 aliphatic rings. The van der Waals surface area contributed by atoms with E-state index >= 15 is 0 Å². The summed E-state index contributed by atoms with van der Waals surface area (Å²) in [4.78, 5) is 0. The van der Waals surface area contributed by atoms with Crippen LogP contribution in [0.1, 0.15) is 19.3 Å². The highest BCUT2D eigenvalue weighted by Gasteiger charge is 2.45. The van der Waals surface area contributed by atoms with Crippen molar-refractivity contribution >= 4 is 10.0 Å². The second kappa shape index (κ2) is 4.97. The van der Waals surface area contributed by atoms with Crippen LogP contribution >= 0.6 is 0 Å². The molecule has 0 aromatic heterocycles. The Morgan fingerprint density at radius 1 is 1.22 bits per heavy atom. The molecular formula is C10H17F3N2O2S. The van der Waals surface area contributed by atoms with Gasteiger partial charge in [-0.25, -0.2) is 12.7 Å². The predicted octanol–water partition coefficient (Wildman–Crippen LogP) is 0.952. The van der Waals surface area contributed by atoms with Gasteiger partial charge in [-0.1, -0.05) is 0 Å². The number of hydrogen-bond acceptors (Lipinski definition) is 3. The highest BCUT2D eigenvalue weighted by molar-refractivity contribution is 7.89. The van der Waals surface area contributed by atoms with Gasteiger partial charge in [0.15, 0.2) is 0 Å². The highest BCUT2D eigenvalue weighted by Crippen LogP contribution is 2.34. The van der Waals surface area contributed by atoms with E-state index in [9.17, 15) is 21.6 Å². The first-order valence-electron chi connectivity index (χ1n) is 6.08. The number of sulfonamides is 1. The molecule has 0 bridgehead atoms. The molecule has 0 aromatic carbocycles. The Morgan fingerprint density at radius 2 is 1.94 bits per heavy atom. The van der Waals surface area contributed by atoms with Gasteiger partial charge in [0.2, 0.25) is 10.0 Å². The molecule has 2 atom stereocenters. The third-order valence-corrected chi connectivity index (χ3v) is 5.94. The second-order valence-corrected chi connectivity index (χ2v) is 7.11. The molecular weight excluding hydrogens is 269 g/mol. The van der Waals surface area contributed by atoms with Crippen LogP contribution in [-0.4, -0.2) is 50.3 Å². The van der Waals surface area contributed by atoms with Crippen molar-refractivity contribution in [1.29, 1.82) is 0 Å². The van der Waals surface area contributed by atoms with Crippen molar-refractivity contribution in [2.24, 2.45) is 5.92 Å². The Bertz CT molecular complexity index is 390. The molecule has 2 fully saturated rings. The van der Waals surface area contributed by atoms with Crippen LogP contribution in [0.25, 0.3) is 0 Å². The van der Waals surface area contributed by atoms with Gasteiger partial charge in [-0.3, -0.25) is 0 Å². The van der Waals surface area contributed by atoms with Crippen molar-refractivity contribution in [2.75, 3.05) is 26.2 Å². The Kier molecular flexibility index (Phi) is 3.89. The van der Waals surface area contributed by atoms with Crippen molar-refractivity contribution in [3.63, 3.8) is 0 Å². The van der Waals surface area contributed by atoms with E-state index in [1.165, 1.54) is 0 Å². The first kappa shape index (κ1) is 14.1. The van der Waals surface area contributed by atoms with E-state index in [2.05, 4.69) is 5.32 Å². The number of alkyl halides is 3. The summed E-state index contributed by atoms with van der Waals surface area (Å²) < 4.78 is 63.3. The smallest absolute Gasteiger partial charge is 0.315 e. The van der Waals surface area contributed by atoms with E-state index in [1.807, 2.05) is 0 Å². The molecule has 4 nitrogen and oxygen atoms in total. The Labute approximate surface area is 105 Å². The monoisotopic (exact) mass is 286 g/mol. The molecule has 0 saturated carbocycles. The van der Waals surface area contributed by atoms with Crippen LogP contribution in [0, 0.1) is 5.92 Å². The average molecular weight is 286 g/mol. The average Bonchev–Trinajstić information content (AvgIpc) is 2.82. The molecule has 0 aliphatic carbocycles. The lowest BCUT2D eigenvalue weighted by Crippen LogP contribution is -2.48. The van der Waals surface area contributed by atoms with Crippen LogP contribution in [-0.2, 0) is 10.0 Å². The number of rotatable bonds is 2. The van der Waals surface area contributed by atoms with E-state index in [0.717, 1.165) is 4.31 Å². The summed E-state index contributed by atoms with van der Waals surface area (Å²) in [6.07, 6.45) is -3.51. The third kappa shape index (κ3) is 2.80. The second-order valence-electron chi connectivity index (χ2n) is 4.90. The molecule has 8 heteroatoms. The maximum atomic E-state index is 12.6. The van der Waals surface area contributed by atoms with Crippen molar-refractivity contribution in [1.82, 2.24) is 9.62 Å². The molecule has 18 heavy (non-hydrogen) atoms. The summed E-state index contributed by atoms with van der Waals surface area (Å²) in [7, 11) is -3.58. The Balaban J connectivity index is 2.08. The maximum Gasteiger partial charge on any atom is 0.393 e. The predicted molar refractivity (Wildman–Crippen MR) is 60.5 cm³/mol. The van der Waals surface area contributed by atoms with Crippen molar-refractivity contribution in [3.05, 3.63) is 0 Å². The largest absolute Gasteiger partial charge is 0.393 e. The van der Waals surface area contributed by atoms with Crippen LogP contribution in [0.15, 0.2) is 0 Å². The summed E-state index contributed by atoms with van der Waals surface area (Å²) in [5, 5.41) is 2.37. The number of nitrogens with zero attached hydrogens (tertiary/aromatic N) is 1. The summed E-state index contributed by atoms with van der Waals surface area (Å²) in [6, 6.07) is 0. The zero-order valence-electron chi connectivity index (χ0n) is 9.91. The number of nitrogens with one attached hydrogen (secondary N) is 1. The van der Waals surface area contributed by atoms with Crippen LogP contribution in [0.5, 0.6) is 0 Å². The molecule has 1 N–H and O–H groups in total. The molecule has 2 saturated heterocycles. The molecule has 0 spiro atoms. The van der Waals surface area contributed by atoms with Gasteiger partial charge in [-0.2, -0.15) is 13.2 Å². The fraction of sp³-hybridized carbons (Fsp3) is 1.00. The molecule has 106 valence electrons. The quantitative estimate of drug-likeness (QED) is 0.822. The molecule has 2 aliphatic heterocycles. The lowest BCUT2D eigenvalue weighted by molar-refractivity contribution is -0.182. The molecule has 0 radical (unpaired) electrons. The van der Waals surface area contributed by atoms with Crippen LogP contribution in [0.2, 0.25) is 0 Å². The normalized spacial score (nSPS) is 31.7. The van der Waals surface area contributed by atoms with E-state index in [1.54, 1.807) is 0 Å². The van der Waals surface area contributed by atoms with Crippen LogP contribution in [0.4, 0.5) is 13.2 Å². The van der Waals surface area contributed by atoms with Crippen LogP contribution in [0.3, 0.4) is 0 Å². The fourth-order valence-corrected chi connectivity index (χ4v) is 4.47. The number of piperidine rings is 1. The minimum atomic E-state index is -4.30. The molecule has 0 amide bonds. The lowest BCUT2D eigenvalue weighted by atomic mass is 9.99. The molecule has 0 aromatic rings. The standard InChI is InChI=1S/C10H17F3N2O2S/c11-10(12,13)8-2-1-5-15(7-8)18(16,17)9-3-4-14-6-9/h8-9,14H,1-7H2. The summed E-state index contributed by atoms with van der Waals surface area (Å²) >= 11 is 0. The van der Waals surface area contributed by atoms with Gasteiger partial charge in [0, 0.05) is 19.6 Å². The van der Waals surface area contributed by atoms with E-state index in [-0.39, 0.29) is 19.4 Å². The minimum Gasteiger partial charge on any atom is -0.315 e. The fourth-order valence-electron chi connectivity index (χ4n) is 2.53. The van der Waals surface area contributed by atoms with Crippen molar-refractivity contribution in [3.8, 4) is 0 Å². The summed E-state index contributed by atoms with van der Waals surface area (Å²) in [6.45, 7) is 0.754. The van der Waals surface area contributed by atoms with Gasteiger partial charge in [0.25, 0.3) is 0 Å². The van der Waals surface area contributed by atoms with Crippen molar-refractivity contribution < 1.29 is 21.6 Å². The van der Waals surface area contributed by atoms with E-state index in [0.29, 0.717) is 19.5 Å². The first-order chi connectivity index (χ1) is 8.32. The Morgan fingerprint density at radius 3 is 2.50 bits per heavy atom. The highest BCUT2D eigenvalue weighted by atomic mass is 32.2. The Hall–Kier alpha value is -0.340. The maximum absolute atomic E-state index is 12.6. The van der Waals surface area contributed by atoms with Crippen molar-refractivity contribution in [2.45, 2.75) is 30.7 Å². The van der Waals surface area contributed by atoms with E-state index in [4.69, 9.17) is 0 Å². The number of hydrogen-bond donors (Lipinski definition) is 1. The topological polar surface area (TPSA) is 49.4 Å². The molecule has 2 unspecified atom stereocenters. The van der Waals surface area contributed by atoms with Gasteiger partial charge < -0.3 is 5.32 Å². The SMILES string of the molecule is O=S(=O)(C1CCNC1)N1CCCC(C(F)(F)F)C1. The van der Waals surface area contributed by atoms with Gasteiger partial charge in [-0.05, 0) is 25.8 Å². The van der Waals surface area contributed by atoms with E-state index < -0.39 is 33.9 Å². The summed E-state index contributed by atoms with van der Waals surface area (Å²) in [5.41, 5.74) is 0.